The largest absolute Gasteiger partial charge is 0.493 e. The zero-order valence-corrected chi connectivity index (χ0v) is 20.4. The number of halogens is 2. The monoisotopic (exact) mass is 518 g/mol. The summed E-state index contributed by atoms with van der Waals surface area (Å²) in [6.07, 6.45) is 2.71. The smallest absolute Gasteiger partial charge is 0.240 e. The van der Waals surface area contributed by atoms with E-state index in [1.54, 1.807) is 38.5 Å². The van der Waals surface area contributed by atoms with Crippen LogP contribution in [0.1, 0.15) is 24.0 Å². The summed E-state index contributed by atoms with van der Waals surface area (Å²) in [5, 5.41) is 0. The number of rotatable bonds is 9. The highest BCUT2D eigenvalue weighted by Crippen LogP contribution is 2.33. The summed E-state index contributed by atoms with van der Waals surface area (Å²) in [7, 11) is -0.137. The van der Waals surface area contributed by atoms with Crippen LogP contribution in [0.4, 0.5) is 0 Å². The van der Waals surface area contributed by atoms with Gasteiger partial charge in [-0.2, -0.15) is 0 Å². The van der Waals surface area contributed by atoms with Gasteiger partial charge in [0, 0.05) is 24.1 Å². The number of fused-ring (bicyclic) bond motifs is 1. The molecule has 1 N–H and O–H groups in total. The zero-order chi connectivity index (χ0) is 20.9. The lowest BCUT2D eigenvalue weighted by Crippen LogP contribution is -2.32. The van der Waals surface area contributed by atoms with E-state index in [2.05, 4.69) is 37.7 Å². The van der Waals surface area contributed by atoms with Crippen LogP contribution in [0.2, 0.25) is 0 Å². The van der Waals surface area contributed by atoms with Gasteiger partial charge in [-0.25, -0.2) is 13.1 Å². The van der Waals surface area contributed by atoms with Crippen molar-refractivity contribution in [1.29, 1.82) is 0 Å². The predicted octanol–water partition coefficient (Wildman–Crippen LogP) is 4.00. The Hall–Kier alpha value is -1.32. The Balaban J connectivity index is 0.00000320. The van der Waals surface area contributed by atoms with Crippen LogP contribution in [0.5, 0.6) is 11.5 Å². The zero-order valence-electron chi connectivity index (χ0n) is 17.2. The molecule has 0 amide bonds. The van der Waals surface area contributed by atoms with Gasteiger partial charge in [0.1, 0.15) is 0 Å². The van der Waals surface area contributed by atoms with Crippen molar-refractivity contribution in [2.75, 3.05) is 33.9 Å². The van der Waals surface area contributed by atoms with Crippen molar-refractivity contribution in [3.8, 4) is 11.5 Å². The molecule has 0 atom stereocenters. The van der Waals surface area contributed by atoms with E-state index in [1.807, 2.05) is 0 Å². The van der Waals surface area contributed by atoms with Gasteiger partial charge in [0.15, 0.2) is 11.5 Å². The van der Waals surface area contributed by atoms with E-state index >= 15 is 0 Å². The first kappa shape index (κ1) is 24.9. The van der Waals surface area contributed by atoms with Crippen molar-refractivity contribution in [2.24, 2.45) is 0 Å². The van der Waals surface area contributed by atoms with Gasteiger partial charge < -0.3 is 9.47 Å². The molecule has 0 spiro atoms. The Bertz CT molecular complexity index is 939. The Kier molecular flexibility index (Phi) is 9.43. The van der Waals surface area contributed by atoms with Gasteiger partial charge in [0.25, 0.3) is 0 Å². The van der Waals surface area contributed by atoms with E-state index in [0.29, 0.717) is 6.54 Å². The first-order valence-electron chi connectivity index (χ1n) is 9.64. The highest BCUT2D eigenvalue weighted by molar-refractivity contribution is 9.10. The average Bonchev–Trinajstić information content (AvgIpc) is 2.72. The number of hydrogen-bond acceptors (Lipinski definition) is 5. The number of nitrogens with zero attached hydrogens (tertiary/aromatic N) is 1. The number of sulfonamides is 1. The minimum absolute atomic E-state index is 0. The number of unbranched alkanes of at least 4 members (excludes halogenated alkanes) is 1. The van der Waals surface area contributed by atoms with Gasteiger partial charge in [-0.05, 0) is 73.3 Å². The third-order valence-corrected chi connectivity index (χ3v) is 7.12. The molecule has 3 rings (SSSR count). The molecule has 2 aromatic rings. The van der Waals surface area contributed by atoms with E-state index < -0.39 is 10.0 Å². The molecule has 0 aliphatic carbocycles. The summed E-state index contributed by atoms with van der Waals surface area (Å²) < 4.78 is 38.9. The average molecular weight is 520 g/mol. The molecule has 1 aliphatic rings. The van der Waals surface area contributed by atoms with E-state index in [4.69, 9.17) is 9.47 Å². The maximum absolute atomic E-state index is 12.3. The van der Waals surface area contributed by atoms with Crippen LogP contribution in [0, 0.1) is 0 Å². The van der Waals surface area contributed by atoms with Crippen LogP contribution in [0.25, 0.3) is 0 Å². The summed E-state index contributed by atoms with van der Waals surface area (Å²) in [6, 6.07) is 10.8. The fourth-order valence-electron chi connectivity index (χ4n) is 3.50. The van der Waals surface area contributed by atoms with Crippen LogP contribution < -0.4 is 14.2 Å². The molecule has 166 valence electrons. The summed E-state index contributed by atoms with van der Waals surface area (Å²) in [4.78, 5) is 2.69. The Morgan fingerprint density at radius 2 is 1.67 bits per heavy atom. The SMILES string of the molecule is COc1cc2c(cc1OC)CN(CCCCNS(=O)(=O)c1ccc(Br)cc1)CC2.Cl. The molecule has 0 saturated heterocycles. The van der Waals surface area contributed by atoms with Crippen LogP contribution >= 0.6 is 28.3 Å². The third kappa shape index (κ3) is 6.34. The van der Waals surface area contributed by atoms with E-state index in [0.717, 1.165) is 54.9 Å². The molecule has 30 heavy (non-hydrogen) atoms. The van der Waals surface area contributed by atoms with Gasteiger partial charge in [0.05, 0.1) is 19.1 Å². The molecule has 0 radical (unpaired) electrons. The topological polar surface area (TPSA) is 67.9 Å². The van der Waals surface area contributed by atoms with Crippen molar-refractivity contribution in [1.82, 2.24) is 9.62 Å². The maximum atomic E-state index is 12.3. The third-order valence-electron chi connectivity index (χ3n) is 5.11. The second-order valence-corrected chi connectivity index (χ2v) is 9.74. The highest BCUT2D eigenvalue weighted by Gasteiger charge is 2.19. The Labute approximate surface area is 193 Å². The quantitative estimate of drug-likeness (QED) is 0.507. The van der Waals surface area contributed by atoms with Gasteiger partial charge in [0.2, 0.25) is 10.0 Å². The molecule has 2 aromatic carbocycles. The molecule has 1 aliphatic heterocycles. The normalized spacial score (nSPS) is 14.0. The van der Waals surface area contributed by atoms with E-state index in [1.165, 1.54) is 11.1 Å². The molecule has 0 saturated carbocycles. The number of nitrogens with one attached hydrogen (secondary N) is 1. The molecule has 0 unspecified atom stereocenters. The van der Waals surface area contributed by atoms with Crippen LogP contribution in [-0.2, 0) is 23.0 Å². The highest BCUT2D eigenvalue weighted by atomic mass is 79.9. The van der Waals surface area contributed by atoms with E-state index in [-0.39, 0.29) is 17.3 Å². The molecule has 0 aromatic heterocycles. The first-order valence-corrected chi connectivity index (χ1v) is 11.9. The van der Waals surface area contributed by atoms with Crippen molar-refractivity contribution in [3.63, 3.8) is 0 Å². The second kappa shape index (κ2) is 11.3. The molecular formula is C21H28BrClN2O4S. The van der Waals surface area contributed by atoms with Crippen LogP contribution in [-0.4, -0.2) is 47.2 Å². The standard InChI is InChI=1S/C21H27BrN2O4S.ClH/c1-27-20-13-16-9-12-24(15-17(16)14-21(20)28-2)11-4-3-10-23-29(25,26)19-7-5-18(22)6-8-19;/h5-8,13-14,23H,3-4,9-12,15H2,1-2H3;1H. The van der Waals surface area contributed by atoms with Crippen molar-refractivity contribution >= 4 is 38.4 Å². The summed E-state index contributed by atoms with van der Waals surface area (Å²) in [5.74, 6) is 1.54. The lowest BCUT2D eigenvalue weighted by atomic mass is 9.98. The van der Waals surface area contributed by atoms with E-state index in [9.17, 15) is 8.42 Å². The molecule has 1 heterocycles. The van der Waals surface area contributed by atoms with Crippen molar-refractivity contribution in [3.05, 3.63) is 52.0 Å². The minimum Gasteiger partial charge on any atom is -0.493 e. The maximum Gasteiger partial charge on any atom is 0.240 e. The molecule has 6 nitrogen and oxygen atoms in total. The second-order valence-electron chi connectivity index (χ2n) is 7.06. The molecule has 0 fully saturated rings. The number of benzene rings is 2. The van der Waals surface area contributed by atoms with Crippen LogP contribution in [0.3, 0.4) is 0 Å². The van der Waals surface area contributed by atoms with Gasteiger partial charge in [-0.1, -0.05) is 15.9 Å². The lowest BCUT2D eigenvalue weighted by molar-refractivity contribution is 0.248. The molecule has 0 bridgehead atoms. The number of methoxy groups -OCH3 is 2. The van der Waals surface area contributed by atoms with Crippen molar-refractivity contribution < 1.29 is 17.9 Å². The summed E-state index contributed by atoms with van der Waals surface area (Å²) in [6.45, 7) is 3.25. The molecular weight excluding hydrogens is 492 g/mol. The number of hydrogen-bond donors (Lipinski definition) is 1. The lowest BCUT2D eigenvalue weighted by Gasteiger charge is -2.29. The Morgan fingerprint density at radius 3 is 2.30 bits per heavy atom. The summed E-state index contributed by atoms with van der Waals surface area (Å²) in [5.41, 5.74) is 2.57. The van der Waals surface area contributed by atoms with Crippen LogP contribution in [0.15, 0.2) is 45.8 Å². The van der Waals surface area contributed by atoms with Gasteiger partial charge in [-0.3, -0.25) is 4.90 Å². The van der Waals surface area contributed by atoms with Gasteiger partial charge >= 0.3 is 0 Å². The predicted molar refractivity (Wildman–Crippen MR) is 124 cm³/mol. The Morgan fingerprint density at radius 1 is 1.03 bits per heavy atom. The first-order chi connectivity index (χ1) is 13.9. The van der Waals surface area contributed by atoms with Crippen molar-refractivity contribution in [2.45, 2.75) is 30.7 Å². The fraction of sp³-hybridized carbons (Fsp3) is 0.429. The minimum atomic E-state index is -3.45. The summed E-state index contributed by atoms with van der Waals surface area (Å²) >= 11 is 3.32. The van der Waals surface area contributed by atoms with Gasteiger partial charge in [-0.15, -0.1) is 12.4 Å². The molecule has 9 heteroatoms. The number of ether oxygens (including phenoxy) is 2. The fourth-order valence-corrected chi connectivity index (χ4v) is 4.83.